The highest BCUT2D eigenvalue weighted by molar-refractivity contribution is 5.98. The summed E-state index contributed by atoms with van der Waals surface area (Å²) in [6.07, 6.45) is 0.0274. The molecule has 0 unspecified atom stereocenters. The maximum Gasteiger partial charge on any atom is 0.322 e. The maximum atomic E-state index is 12.7. The number of carbonyl (C=O) groups is 1. The number of benzene rings is 1. The average molecular weight is 441 g/mol. The SMILES string of the molecule is Cc1c(N2CC(C)(C)NC2=O)c(N2CCN(C[C@H]3COc4ccccc4O3)CC2)nn1C. The van der Waals surface area contributed by atoms with Crippen LogP contribution in [0, 0.1) is 6.92 Å². The lowest BCUT2D eigenvalue weighted by Crippen LogP contribution is -2.51. The number of anilines is 2. The van der Waals surface area contributed by atoms with E-state index in [9.17, 15) is 4.79 Å². The van der Waals surface area contributed by atoms with Crippen molar-refractivity contribution in [1.29, 1.82) is 0 Å². The third kappa shape index (κ3) is 3.85. The Morgan fingerprint density at radius 2 is 1.88 bits per heavy atom. The summed E-state index contributed by atoms with van der Waals surface area (Å²) in [4.78, 5) is 19.2. The first kappa shape index (κ1) is 20.9. The third-order valence-electron chi connectivity index (χ3n) is 6.50. The predicted octanol–water partition coefficient (Wildman–Crippen LogP) is 2.00. The standard InChI is InChI=1S/C23H32N6O3/c1-16-20(29-15-23(2,3)24-22(29)30)21(25-26(16)4)28-11-9-27(10-12-28)13-17-14-31-18-7-5-6-8-19(18)32-17/h5-8,17H,9-15H2,1-4H3,(H,24,30)/t17-/m0/s1. The summed E-state index contributed by atoms with van der Waals surface area (Å²) in [6, 6.07) is 7.78. The van der Waals surface area contributed by atoms with Crippen LogP contribution in [-0.4, -0.2) is 78.2 Å². The number of aryl methyl sites for hydroxylation is 1. The van der Waals surface area contributed by atoms with E-state index >= 15 is 0 Å². The largest absolute Gasteiger partial charge is 0.486 e. The molecular weight excluding hydrogens is 408 g/mol. The maximum absolute atomic E-state index is 12.7. The van der Waals surface area contributed by atoms with Crippen LogP contribution in [0.25, 0.3) is 0 Å². The summed E-state index contributed by atoms with van der Waals surface area (Å²) in [5.74, 6) is 2.53. The molecule has 2 amide bonds. The Hall–Kier alpha value is -2.94. The molecule has 32 heavy (non-hydrogen) atoms. The highest BCUT2D eigenvalue weighted by Crippen LogP contribution is 2.36. The molecule has 1 N–H and O–H groups in total. The fourth-order valence-electron chi connectivity index (χ4n) is 4.74. The first-order chi connectivity index (χ1) is 15.3. The van der Waals surface area contributed by atoms with Crippen molar-refractivity contribution < 1.29 is 14.3 Å². The van der Waals surface area contributed by atoms with Crippen LogP contribution in [0.15, 0.2) is 24.3 Å². The molecule has 3 aliphatic rings. The minimum atomic E-state index is -0.254. The van der Waals surface area contributed by atoms with Gasteiger partial charge in [-0.25, -0.2) is 4.79 Å². The highest BCUT2D eigenvalue weighted by Gasteiger charge is 2.39. The summed E-state index contributed by atoms with van der Waals surface area (Å²) in [7, 11) is 1.94. The van der Waals surface area contributed by atoms with E-state index in [-0.39, 0.29) is 17.7 Å². The number of aromatic nitrogens is 2. The summed E-state index contributed by atoms with van der Waals surface area (Å²) in [5, 5.41) is 7.85. The topological polar surface area (TPSA) is 75.1 Å². The zero-order chi connectivity index (χ0) is 22.5. The molecule has 9 nitrogen and oxygen atoms in total. The molecule has 0 aliphatic carbocycles. The van der Waals surface area contributed by atoms with Crippen molar-refractivity contribution in [3.8, 4) is 11.5 Å². The molecule has 0 radical (unpaired) electrons. The molecule has 2 aromatic rings. The molecule has 0 bridgehead atoms. The minimum absolute atomic E-state index is 0.0274. The molecule has 172 valence electrons. The number of piperazine rings is 1. The molecule has 9 heteroatoms. The number of para-hydroxylation sites is 2. The number of hydrogen-bond donors (Lipinski definition) is 1. The van der Waals surface area contributed by atoms with Crippen LogP contribution >= 0.6 is 0 Å². The van der Waals surface area contributed by atoms with Crippen molar-refractivity contribution in [2.75, 3.05) is 55.7 Å². The number of hydrogen-bond acceptors (Lipinski definition) is 6. The summed E-state index contributed by atoms with van der Waals surface area (Å²) < 4.78 is 13.9. The van der Waals surface area contributed by atoms with Crippen LogP contribution in [0.4, 0.5) is 16.3 Å². The Kier molecular flexibility index (Phi) is 5.16. The van der Waals surface area contributed by atoms with Gasteiger partial charge in [0.15, 0.2) is 17.3 Å². The number of ether oxygens (including phenoxy) is 2. The Bertz CT molecular complexity index is 1010. The van der Waals surface area contributed by atoms with Gasteiger partial charge >= 0.3 is 6.03 Å². The molecule has 3 aliphatic heterocycles. The lowest BCUT2D eigenvalue weighted by molar-refractivity contribution is 0.0571. The van der Waals surface area contributed by atoms with Crippen molar-refractivity contribution in [3.63, 3.8) is 0 Å². The number of rotatable bonds is 4. The van der Waals surface area contributed by atoms with E-state index in [1.807, 2.05) is 61.7 Å². The van der Waals surface area contributed by atoms with Crippen LogP contribution in [0.1, 0.15) is 19.5 Å². The van der Waals surface area contributed by atoms with Crippen LogP contribution < -0.4 is 24.6 Å². The Morgan fingerprint density at radius 3 is 2.56 bits per heavy atom. The second kappa shape index (κ2) is 7.88. The lowest BCUT2D eigenvalue weighted by atomic mass is 10.1. The van der Waals surface area contributed by atoms with Crippen molar-refractivity contribution >= 4 is 17.5 Å². The Balaban J connectivity index is 1.24. The highest BCUT2D eigenvalue weighted by atomic mass is 16.6. The quantitative estimate of drug-likeness (QED) is 0.784. The fourth-order valence-corrected chi connectivity index (χ4v) is 4.74. The van der Waals surface area contributed by atoms with Gasteiger partial charge in [-0.3, -0.25) is 14.5 Å². The second-order valence-corrected chi connectivity index (χ2v) is 9.57. The van der Waals surface area contributed by atoms with Gasteiger partial charge in [0, 0.05) is 39.8 Å². The molecule has 5 rings (SSSR count). The molecule has 0 saturated carbocycles. The first-order valence-corrected chi connectivity index (χ1v) is 11.3. The number of nitrogens with zero attached hydrogens (tertiary/aromatic N) is 5. The van der Waals surface area contributed by atoms with Crippen LogP contribution in [0.3, 0.4) is 0 Å². The Labute approximate surface area is 188 Å². The molecule has 1 aromatic carbocycles. The van der Waals surface area contributed by atoms with Gasteiger partial charge < -0.3 is 19.7 Å². The molecular formula is C23H32N6O3. The summed E-state index contributed by atoms with van der Waals surface area (Å²) in [5.41, 5.74) is 1.67. The van der Waals surface area contributed by atoms with E-state index < -0.39 is 0 Å². The van der Waals surface area contributed by atoms with E-state index in [4.69, 9.17) is 14.6 Å². The Morgan fingerprint density at radius 1 is 1.16 bits per heavy atom. The van der Waals surface area contributed by atoms with Gasteiger partial charge in [0.1, 0.15) is 18.4 Å². The zero-order valence-electron chi connectivity index (χ0n) is 19.3. The minimum Gasteiger partial charge on any atom is -0.486 e. The van der Waals surface area contributed by atoms with Crippen molar-refractivity contribution in [2.24, 2.45) is 7.05 Å². The van der Waals surface area contributed by atoms with Crippen molar-refractivity contribution in [1.82, 2.24) is 20.0 Å². The average Bonchev–Trinajstić information content (AvgIpc) is 3.21. The van der Waals surface area contributed by atoms with Gasteiger partial charge in [-0.1, -0.05) is 12.1 Å². The van der Waals surface area contributed by atoms with Crippen LogP contribution in [-0.2, 0) is 7.05 Å². The third-order valence-corrected chi connectivity index (χ3v) is 6.50. The molecule has 2 saturated heterocycles. The summed E-state index contributed by atoms with van der Waals surface area (Å²) in [6.45, 7) is 11.7. The molecule has 4 heterocycles. The van der Waals surface area contributed by atoms with E-state index in [1.165, 1.54) is 0 Å². The van der Waals surface area contributed by atoms with E-state index in [0.717, 1.165) is 61.4 Å². The monoisotopic (exact) mass is 440 g/mol. The summed E-state index contributed by atoms with van der Waals surface area (Å²) >= 11 is 0. The normalized spacial score (nSPS) is 22.9. The van der Waals surface area contributed by atoms with E-state index in [0.29, 0.717) is 13.2 Å². The van der Waals surface area contributed by atoms with Crippen LogP contribution in [0.2, 0.25) is 0 Å². The van der Waals surface area contributed by atoms with Gasteiger partial charge in [0.25, 0.3) is 0 Å². The molecule has 2 fully saturated rings. The number of nitrogens with one attached hydrogen (secondary N) is 1. The number of amides is 2. The smallest absolute Gasteiger partial charge is 0.322 e. The van der Waals surface area contributed by atoms with Gasteiger partial charge in [-0.15, -0.1) is 0 Å². The van der Waals surface area contributed by atoms with E-state index in [1.54, 1.807) is 0 Å². The number of fused-ring (bicyclic) bond motifs is 1. The van der Waals surface area contributed by atoms with Gasteiger partial charge in [-0.05, 0) is 32.9 Å². The van der Waals surface area contributed by atoms with E-state index in [2.05, 4.69) is 15.1 Å². The van der Waals surface area contributed by atoms with Gasteiger partial charge in [0.05, 0.1) is 17.8 Å². The zero-order valence-corrected chi connectivity index (χ0v) is 19.3. The van der Waals surface area contributed by atoms with Crippen LogP contribution in [0.5, 0.6) is 11.5 Å². The van der Waals surface area contributed by atoms with Gasteiger partial charge in [0.2, 0.25) is 0 Å². The molecule has 1 aromatic heterocycles. The number of carbonyl (C=O) groups excluding carboxylic acids is 1. The fraction of sp³-hybridized carbons (Fsp3) is 0.565. The predicted molar refractivity (Wildman–Crippen MR) is 123 cm³/mol. The second-order valence-electron chi connectivity index (χ2n) is 9.57. The number of urea groups is 1. The van der Waals surface area contributed by atoms with Gasteiger partial charge in [-0.2, -0.15) is 5.10 Å². The van der Waals surface area contributed by atoms with Crippen molar-refractivity contribution in [3.05, 3.63) is 30.0 Å². The molecule has 0 spiro atoms. The molecule has 1 atom stereocenters. The van der Waals surface area contributed by atoms with Crippen molar-refractivity contribution in [2.45, 2.75) is 32.4 Å². The lowest BCUT2D eigenvalue weighted by Gasteiger charge is -2.38. The first-order valence-electron chi connectivity index (χ1n) is 11.3.